The first-order chi connectivity index (χ1) is 6.20. The molecule has 0 saturated carbocycles. The monoisotopic (exact) mass is 198 g/mol. The third-order valence-corrected chi connectivity index (χ3v) is 1.68. The number of esters is 1. The van der Waals surface area contributed by atoms with Crippen LogP contribution in [0.4, 0.5) is 0 Å². The van der Waals surface area contributed by atoms with Crippen LogP contribution in [0.15, 0.2) is 30.3 Å². The number of methoxy groups -OCH3 is 1. The van der Waals surface area contributed by atoms with E-state index in [1.165, 1.54) is 19.6 Å². The number of benzene rings is 1. The number of rotatable bonds is 1. The Kier molecular flexibility index (Phi) is 7.11. The van der Waals surface area contributed by atoms with Crippen molar-refractivity contribution in [1.29, 1.82) is 0 Å². The van der Waals surface area contributed by atoms with Crippen molar-refractivity contribution >= 4 is 18.6 Å². The molecule has 1 aromatic carbocycles. The standard InChI is InChI=1S/C7H8S.C3H6O2/c8-6-7-4-2-1-3-5-7;1-3(4)5-2/h1-5,8H,6H2;1-2H3. The number of hydrogen-bond acceptors (Lipinski definition) is 3. The third kappa shape index (κ3) is 7.40. The predicted molar refractivity (Wildman–Crippen MR) is 56.8 cm³/mol. The first-order valence-corrected chi connectivity index (χ1v) is 4.53. The van der Waals surface area contributed by atoms with Crippen molar-refractivity contribution in [2.24, 2.45) is 0 Å². The normalized spacial score (nSPS) is 8.23. The summed E-state index contributed by atoms with van der Waals surface area (Å²) in [5.41, 5.74) is 1.27. The van der Waals surface area contributed by atoms with Crippen LogP contribution in [0.25, 0.3) is 0 Å². The second-order valence-corrected chi connectivity index (χ2v) is 2.66. The maximum Gasteiger partial charge on any atom is 0.302 e. The molecule has 0 heterocycles. The molecule has 0 aliphatic rings. The van der Waals surface area contributed by atoms with E-state index in [0.29, 0.717) is 0 Å². The topological polar surface area (TPSA) is 26.3 Å². The van der Waals surface area contributed by atoms with E-state index in [1.54, 1.807) is 0 Å². The molecule has 1 rings (SSSR count). The molecule has 0 radical (unpaired) electrons. The summed E-state index contributed by atoms with van der Waals surface area (Å²) in [6.07, 6.45) is 0. The van der Waals surface area contributed by atoms with Gasteiger partial charge in [-0.15, -0.1) is 0 Å². The van der Waals surface area contributed by atoms with Crippen LogP contribution >= 0.6 is 12.6 Å². The fraction of sp³-hybridized carbons (Fsp3) is 0.300. The van der Waals surface area contributed by atoms with Crippen LogP contribution in [-0.4, -0.2) is 13.1 Å². The Hall–Kier alpha value is -0.960. The molecule has 13 heavy (non-hydrogen) atoms. The van der Waals surface area contributed by atoms with Crippen molar-refractivity contribution in [3.05, 3.63) is 35.9 Å². The first-order valence-electron chi connectivity index (χ1n) is 3.90. The molecular weight excluding hydrogens is 184 g/mol. The van der Waals surface area contributed by atoms with Gasteiger partial charge < -0.3 is 4.74 Å². The van der Waals surface area contributed by atoms with Gasteiger partial charge in [0.15, 0.2) is 0 Å². The van der Waals surface area contributed by atoms with Gasteiger partial charge in [-0.3, -0.25) is 4.79 Å². The van der Waals surface area contributed by atoms with E-state index >= 15 is 0 Å². The molecule has 0 bridgehead atoms. The molecular formula is C10H14O2S. The minimum absolute atomic E-state index is 0.245. The summed E-state index contributed by atoms with van der Waals surface area (Å²) in [6.45, 7) is 1.36. The Morgan fingerprint density at radius 3 is 2.08 bits per heavy atom. The van der Waals surface area contributed by atoms with Gasteiger partial charge in [0.25, 0.3) is 0 Å². The molecule has 0 unspecified atom stereocenters. The average molecular weight is 198 g/mol. The third-order valence-electron chi connectivity index (χ3n) is 1.31. The highest BCUT2D eigenvalue weighted by atomic mass is 32.1. The van der Waals surface area contributed by atoms with E-state index in [9.17, 15) is 4.79 Å². The molecule has 0 aliphatic heterocycles. The van der Waals surface area contributed by atoms with Crippen molar-refractivity contribution in [3.8, 4) is 0 Å². The second kappa shape index (κ2) is 7.68. The van der Waals surface area contributed by atoms with Crippen molar-refractivity contribution in [1.82, 2.24) is 0 Å². The number of carbonyl (C=O) groups is 1. The number of hydrogen-bond donors (Lipinski definition) is 1. The fourth-order valence-electron chi connectivity index (χ4n) is 0.583. The predicted octanol–water partition coefficient (Wildman–Crippen LogP) is 2.30. The van der Waals surface area contributed by atoms with Crippen LogP contribution in [0.2, 0.25) is 0 Å². The van der Waals surface area contributed by atoms with Crippen LogP contribution < -0.4 is 0 Å². The molecule has 0 spiro atoms. The van der Waals surface area contributed by atoms with Crippen molar-refractivity contribution in [3.63, 3.8) is 0 Å². The van der Waals surface area contributed by atoms with Crippen LogP contribution in [0, 0.1) is 0 Å². The van der Waals surface area contributed by atoms with E-state index in [4.69, 9.17) is 0 Å². The maximum absolute atomic E-state index is 9.59. The SMILES string of the molecule is COC(C)=O.SCc1ccccc1. The summed E-state index contributed by atoms with van der Waals surface area (Å²) in [6, 6.07) is 10.2. The highest BCUT2D eigenvalue weighted by molar-refractivity contribution is 7.79. The molecule has 0 fully saturated rings. The van der Waals surface area contributed by atoms with Crippen LogP contribution in [0.1, 0.15) is 12.5 Å². The van der Waals surface area contributed by atoms with Gasteiger partial charge in [0, 0.05) is 12.7 Å². The summed E-state index contributed by atoms with van der Waals surface area (Å²) in [7, 11) is 1.35. The quantitative estimate of drug-likeness (QED) is 0.553. The molecule has 0 atom stereocenters. The molecule has 0 N–H and O–H groups in total. The highest BCUT2D eigenvalue weighted by Gasteiger charge is 1.80. The number of carbonyl (C=O) groups excluding carboxylic acids is 1. The highest BCUT2D eigenvalue weighted by Crippen LogP contribution is 2.00. The molecule has 72 valence electrons. The van der Waals surface area contributed by atoms with Gasteiger partial charge in [-0.25, -0.2) is 0 Å². The lowest BCUT2D eigenvalue weighted by Crippen LogP contribution is -1.88. The lowest BCUT2D eigenvalue weighted by Gasteiger charge is -1.89. The van der Waals surface area contributed by atoms with Gasteiger partial charge in [0.2, 0.25) is 0 Å². The molecule has 0 aromatic heterocycles. The van der Waals surface area contributed by atoms with Gasteiger partial charge in [-0.05, 0) is 5.56 Å². The molecule has 0 aliphatic carbocycles. The molecule has 0 amide bonds. The Bertz CT molecular complexity index is 234. The molecule has 2 nitrogen and oxygen atoms in total. The van der Waals surface area contributed by atoms with Gasteiger partial charge in [-0.1, -0.05) is 30.3 Å². The van der Waals surface area contributed by atoms with Crippen molar-refractivity contribution < 1.29 is 9.53 Å². The zero-order valence-corrected chi connectivity index (χ0v) is 8.75. The van der Waals surface area contributed by atoms with Gasteiger partial charge >= 0.3 is 5.97 Å². The minimum Gasteiger partial charge on any atom is -0.469 e. The second-order valence-electron chi connectivity index (χ2n) is 2.34. The Morgan fingerprint density at radius 2 is 1.85 bits per heavy atom. The van der Waals surface area contributed by atoms with Gasteiger partial charge in [-0.2, -0.15) is 12.6 Å². The lowest BCUT2D eigenvalue weighted by atomic mass is 10.2. The molecule has 1 aromatic rings. The Balaban J connectivity index is 0.000000252. The van der Waals surface area contributed by atoms with E-state index in [2.05, 4.69) is 29.5 Å². The number of thiol groups is 1. The van der Waals surface area contributed by atoms with Crippen LogP contribution in [0.3, 0.4) is 0 Å². The summed E-state index contributed by atoms with van der Waals surface area (Å²) in [5.74, 6) is 0.589. The van der Waals surface area contributed by atoms with Gasteiger partial charge in [0.05, 0.1) is 7.11 Å². The average Bonchev–Trinajstić information content (AvgIpc) is 2.20. The first kappa shape index (κ1) is 12.0. The minimum atomic E-state index is -0.245. The maximum atomic E-state index is 9.59. The van der Waals surface area contributed by atoms with E-state index in [1.807, 2.05) is 18.2 Å². The van der Waals surface area contributed by atoms with E-state index < -0.39 is 0 Å². The summed E-state index contributed by atoms with van der Waals surface area (Å²) >= 11 is 4.11. The summed E-state index contributed by atoms with van der Waals surface area (Å²) < 4.78 is 4.11. The Morgan fingerprint density at radius 1 is 1.38 bits per heavy atom. The zero-order valence-electron chi connectivity index (χ0n) is 7.86. The zero-order chi connectivity index (χ0) is 10.1. The van der Waals surface area contributed by atoms with E-state index in [-0.39, 0.29) is 5.97 Å². The smallest absolute Gasteiger partial charge is 0.302 e. The van der Waals surface area contributed by atoms with Crippen LogP contribution in [-0.2, 0) is 15.3 Å². The van der Waals surface area contributed by atoms with Gasteiger partial charge in [0.1, 0.15) is 0 Å². The summed E-state index contributed by atoms with van der Waals surface area (Å²) in [4.78, 5) is 9.59. The van der Waals surface area contributed by atoms with Crippen molar-refractivity contribution in [2.75, 3.05) is 7.11 Å². The Labute approximate surface area is 84.3 Å². The fourth-order valence-corrected chi connectivity index (χ4v) is 0.794. The molecule has 3 heteroatoms. The van der Waals surface area contributed by atoms with E-state index in [0.717, 1.165) is 5.75 Å². The summed E-state index contributed by atoms with van der Waals surface area (Å²) in [5, 5.41) is 0. The number of ether oxygens (including phenoxy) is 1. The van der Waals surface area contributed by atoms with Crippen LogP contribution in [0.5, 0.6) is 0 Å². The largest absolute Gasteiger partial charge is 0.469 e. The lowest BCUT2D eigenvalue weighted by molar-refractivity contribution is -0.137. The van der Waals surface area contributed by atoms with Crippen molar-refractivity contribution in [2.45, 2.75) is 12.7 Å². The molecule has 0 saturated heterocycles.